The van der Waals surface area contributed by atoms with Crippen LogP contribution in [-0.4, -0.2) is 47.3 Å². The van der Waals surface area contributed by atoms with E-state index in [1.54, 1.807) is 44.0 Å². The van der Waals surface area contributed by atoms with Gasteiger partial charge in [-0.3, -0.25) is 9.35 Å². The molecular weight excluding hydrogens is 597 g/mol. The number of thioether (sulfide) groups is 1. The van der Waals surface area contributed by atoms with Crippen LogP contribution in [0.1, 0.15) is 38.8 Å². The van der Waals surface area contributed by atoms with E-state index in [-0.39, 0.29) is 17.1 Å². The molecule has 10 heteroatoms. The molecule has 0 spiro atoms. The SMILES string of the molecule is CCOC(=O)Cc1ccc(OC)c(Oc2ccc(N(c3cccc4c(N(C)C)cccc34)S(=O)O)cc2CSC(C)(C)C)c1. The van der Waals surface area contributed by atoms with E-state index in [2.05, 4.69) is 20.8 Å². The van der Waals surface area contributed by atoms with Crippen molar-refractivity contribution in [2.45, 2.75) is 44.6 Å². The molecule has 44 heavy (non-hydrogen) atoms. The maximum Gasteiger partial charge on any atom is 0.310 e. The van der Waals surface area contributed by atoms with Gasteiger partial charge in [-0.25, -0.2) is 8.51 Å². The van der Waals surface area contributed by atoms with Crippen molar-refractivity contribution in [3.05, 3.63) is 83.9 Å². The maximum atomic E-state index is 13.0. The Morgan fingerprint density at radius 2 is 1.57 bits per heavy atom. The predicted molar refractivity (Wildman–Crippen MR) is 182 cm³/mol. The monoisotopic (exact) mass is 636 g/mol. The molecule has 1 unspecified atom stereocenters. The first kappa shape index (κ1) is 33.2. The minimum Gasteiger partial charge on any atom is -0.493 e. The number of hydrogen-bond donors (Lipinski definition) is 1. The topological polar surface area (TPSA) is 88.5 Å². The summed E-state index contributed by atoms with van der Waals surface area (Å²) in [5.41, 5.74) is 3.75. The van der Waals surface area contributed by atoms with Crippen molar-refractivity contribution in [2.24, 2.45) is 0 Å². The van der Waals surface area contributed by atoms with Gasteiger partial charge in [-0.2, -0.15) is 11.8 Å². The van der Waals surface area contributed by atoms with Gasteiger partial charge in [0.15, 0.2) is 11.5 Å². The van der Waals surface area contributed by atoms with Crippen LogP contribution in [0.15, 0.2) is 72.8 Å². The Morgan fingerprint density at radius 1 is 0.909 bits per heavy atom. The predicted octanol–water partition coefficient (Wildman–Crippen LogP) is 8.12. The van der Waals surface area contributed by atoms with Gasteiger partial charge in [0, 0.05) is 46.6 Å². The number of esters is 1. The number of hydrogen-bond acceptors (Lipinski definition) is 7. The Bertz CT molecular complexity index is 1650. The highest BCUT2D eigenvalue weighted by Gasteiger charge is 2.22. The summed E-state index contributed by atoms with van der Waals surface area (Å²) >= 11 is -0.624. The van der Waals surface area contributed by atoms with Gasteiger partial charge in [-0.15, -0.1) is 0 Å². The standard InChI is InChI=1S/C34H40N2O6S2/c1-8-41-33(37)20-23-15-17-31(40-7)32(19-23)42-30-18-16-25(21-24(30)22-43-34(2,3)4)36(44(38)39)29-14-10-11-26-27(29)12-9-13-28(26)35(5)6/h9-19,21H,8,20,22H2,1-7H3,(H,38,39). The molecule has 4 aromatic rings. The molecule has 0 saturated carbocycles. The van der Waals surface area contributed by atoms with Crippen molar-refractivity contribution in [3.63, 3.8) is 0 Å². The van der Waals surface area contributed by atoms with Crippen molar-refractivity contribution in [2.75, 3.05) is 37.0 Å². The van der Waals surface area contributed by atoms with Crippen LogP contribution in [0.3, 0.4) is 0 Å². The lowest BCUT2D eigenvalue weighted by molar-refractivity contribution is -0.142. The summed E-state index contributed by atoms with van der Waals surface area (Å²) in [5, 5.41) is 1.83. The van der Waals surface area contributed by atoms with E-state index in [4.69, 9.17) is 14.2 Å². The highest BCUT2D eigenvalue weighted by atomic mass is 32.2. The van der Waals surface area contributed by atoms with Gasteiger partial charge in [-0.05, 0) is 55.0 Å². The Kier molecular flexibility index (Phi) is 10.8. The smallest absolute Gasteiger partial charge is 0.310 e. The zero-order valence-corrected chi connectivity index (χ0v) is 27.9. The molecule has 0 aliphatic rings. The summed E-state index contributed by atoms with van der Waals surface area (Å²) in [4.78, 5) is 14.2. The van der Waals surface area contributed by atoms with Crippen LogP contribution in [0.25, 0.3) is 10.8 Å². The number of fused-ring (bicyclic) bond motifs is 1. The van der Waals surface area contributed by atoms with Gasteiger partial charge in [-0.1, -0.05) is 51.1 Å². The Labute approximate surface area is 266 Å². The third-order valence-corrected chi connectivity index (χ3v) is 8.82. The van der Waals surface area contributed by atoms with E-state index < -0.39 is 11.3 Å². The van der Waals surface area contributed by atoms with E-state index in [1.165, 1.54) is 4.31 Å². The first-order valence-corrected chi connectivity index (χ1v) is 16.3. The summed E-state index contributed by atoms with van der Waals surface area (Å²) < 4.78 is 42.1. The first-order chi connectivity index (χ1) is 20.9. The van der Waals surface area contributed by atoms with Gasteiger partial charge in [0.2, 0.25) is 0 Å². The van der Waals surface area contributed by atoms with Crippen LogP contribution in [0.4, 0.5) is 17.1 Å². The fourth-order valence-electron chi connectivity index (χ4n) is 4.76. The number of carbonyl (C=O) groups is 1. The molecule has 0 aromatic heterocycles. The van der Waals surface area contributed by atoms with E-state index in [9.17, 15) is 13.6 Å². The molecule has 0 bridgehead atoms. The Balaban J connectivity index is 1.80. The lowest BCUT2D eigenvalue weighted by atomic mass is 10.1. The zero-order valence-electron chi connectivity index (χ0n) is 26.2. The van der Waals surface area contributed by atoms with Gasteiger partial charge >= 0.3 is 5.97 Å². The molecule has 4 aromatic carbocycles. The van der Waals surface area contributed by atoms with Crippen molar-refractivity contribution in [3.8, 4) is 17.2 Å². The number of benzene rings is 4. The van der Waals surface area contributed by atoms with Crippen LogP contribution < -0.4 is 18.7 Å². The zero-order chi connectivity index (χ0) is 32.0. The highest BCUT2D eigenvalue weighted by molar-refractivity contribution is 7.99. The fraction of sp³-hybridized carbons (Fsp3) is 0.324. The summed E-state index contributed by atoms with van der Waals surface area (Å²) in [7, 11) is 5.51. The van der Waals surface area contributed by atoms with E-state index >= 15 is 0 Å². The molecule has 0 aliphatic carbocycles. The summed E-state index contributed by atoms with van der Waals surface area (Å²) in [6.07, 6.45) is 0.109. The molecule has 1 N–H and O–H groups in total. The molecule has 1 atom stereocenters. The molecule has 234 valence electrons. The van der Waals surface area contributed by atoms with E-state index in [1.807, 2.05) is 73.6 Å². The summed E-state index contributed by atoms with van der Waals surface area (Å²) in [6, 6.07) is 22.5. The van der Waals surface area contributed by atoms with Crippen molar-refractivity contribution in [1.82, 2.24) is 0 Å². The van der Waals surface area contributed by atoms with Gasteiger partial charge in [0.05, 0.1) is 31.5 Å². The molecule has 0 saturated heterocycles. The minimum absolute atomic E-state index is 0.0395. The molecule has 0 aliphatic heterocycles. The van der Waals surface area contributed by atoms with Crippen LogP contribution in [-0.2, 0) is 33.0 Å². The Hall–Kier alpha value is -3.73. The third-order valence-electron chi connectivity index (χ3n) is 6.77. The number of methoxy groups -OCH3 is 1. The summed E-state index contributed by atoms with van der Waals surface area (Å²) in [5.74, 6) is 1.81. The normalized spacial score (nSPS) is 12.1. The molecule has 4 rings (SSSR count). The quantitative estimate of drug-likeness (QED) is 0.123. The number of ether oxygens (including phenoxy) is 3. The lowest BCUT2D eigenvalue weighted by Crippen LogP contribution is -2.20. The molecule has 0 heterocycles. The second kappa shape index (κ2) is 14.4. The molecule has 0 amide bonds. The second-order valence-corrected chi connectivity index (χ2v) is 14.0. The number of carbonyl (C=O) groups excluding carboxylic acids is 1. The molecule has 0 fully saturated rings. The average Bonchev–Trinajstić information content (AvgIpc) is 2.96. The van der Waals surface area contributed by atoms with Crippen molar-refractivity contribution in [1.29, 1.82) is 0 Å². The highest BCUT2D eigenvalue weighted by Crippen LogP contribution is 2.41. The van der Waals surface area contributed by atoms with Crippen molar-refractivity contribution < 1.29 is 27.8 Å². The van der Waals surface area contributed by atoms with Gasteiger partial charge < -0.3 is 19.1 Å². The van der Waals surface area contributed by atoms with Gasteiger partial charge in [0.25, 0.3) is 11.3 Å². The molecule has 8 nitrogen and oxygen atoms in total. The number of rotatable bonds is 12. The molecule has 0 radical (unpaired) electrons. The lowest BCUT2D eigenvalue weighted by Gasteiger charge is -2.25. The van der Waals surface area contributed by atoms with Crippen LogP contribution >= 0.6 is 11.8 Å². The average molecular weight is 637 g/mol. The van der Waals surface area contributed by atoms with Crippen LogP contribution in [0, 0.1) is 0 Å². The number of nitrogens with zero attached hydrogens (tertiary/aromatic N) is 2. The van der Waals surface area contributed by atoms with Crippen LogP contribution in [0.5, 0.6) is 17.2 Å². The third kappa shape index (κ3) is 8.05. The Morgan fingerprint density at radius 3 is 2.18 bits per heavy atom. The maximum absolute atomic E-state index is 13.0. The number of anilines is 3. The fourth-order valence-corrected chi connectivity index (χ4v) is 6.20. The summed E-state index contributed by atoms with van der Waals surface area (Å²) in [6.45, 7) is 8.49. The second-order valence-electron chi connectivity index (χ2n) is 11.3. The van der Waals surface area contributed by atoms with E-state index in [0.29, 0.717) is 41.0 Å². The van der Waals surface area contributed by atoms with Crippen LogP contribution in [0.2, 0.25) is 0 Å². The van der Waals surface area contributed by atoms with Crippen molar-refractivity contribution >= 4 is 56.8 Å². The first-order valence-electron chi connectivity index (χ1n) is 14.3. The van der Waals surface area contributed by atoms with Gasteiger partial charge in [0.1, 0.15) is 5.75 Å². The largest absolute Gasteiger partial charge is 0.493 e. The minimum atomic E-state index is -2.36. The molecular formula is C34H40N2O6S2. The van der Waals surface area contributed by atoms with E-state index in [0.717, 1.165) is 27.6 Å².